The first-order chi connectivity index (χ1) is 13.0. The lowest BCUT2D eigenvalue weighted by Gasteiger charge is -2.41. The molecular weight excluding hydrogens is 342 g/mol. The summed E-state index contributed by atoms with van der Waals surface area (Å²) in [6.45, 7) is 1.60. The van der Waals surface area contributed by atoms with E-state index in [1.165, 1.54) is 0 Å². The van der Waals surface area contributed by atoms with Gasteiger partial charge in [0, 0.05) is 37.2 Å². The zero-order valence-corrected chi connectivity index (χ0v) is 16.4. The van der Waals surface area contributed by atoms with Crippen LogP contribution in [0.15, 0.2) is 30.3 Å². The third kappa shape index (κ3) is 4.22. The molecule has 2 aromatic rings. The standard InChI is InChI=1S/C21H29N3O3/c1-23(2)19-10-11-24(14-15(19)7-6-12-25)21(26)18-13-20(27-3)16-8-4-5-9-17(16)22-18/h4-5,8-9,13,15,19,25H,6-7,10-12,14H2,1-3H3/t15-,19+/m1/s1. The fourth-order valence-corrected chi connectivity index (χ4v) is 4.11. The number of aliphatic hydroxyl groups is 1. The minimum atomic E-state index is -0.0507. The van der Waals surface area contributed by atoms with Gasteiger partial charge in [0.2, 0.25) is 0 Å². The molecule has 0 spiro atoms. The van der Waals surface area contributed by atoms with Gasteiger partial charge in [0.1, 0.15) is 11.4 Å². The Bertz CT molecular complexity index is 793. The predicted molar refractivity (Wildman–Crippen MR) is 106 cm³/mol. The number of amides is 1. The maximum Gasteiger partial charge on any atom is 0.272 e. The van der Waals surface area contributed by atoms with Crippen molar-refractivity contribution in [1.29, 1.82) is 0 Å². The van der Waals surface area contributed by atoms with Crippen LogP contribution >= 0.6 is 0 Å². The van der Waals surface area contributed by atoms with E-state index in [0.717, 1.165) is 30.2 Å². The molecule has 0 bridgehead atoms. The number of piperidine rings is 1. The monoisotopic (exact) mass is 371 g/mol. The maximum absolute atomic E-state index is 13.2. The SMILES string of the molecule is COc1cc(C(=O)N2CC[C@H](N(C)C)[C@H](CCCO)C2)nc2ccccc12. The third-order valence-electron chi connectivity index (χ3n) is 5.49. The van der Waals surface area contributed by atoms with Crippen LogP contribution in [-0.2, 0) is 0 Å². The van der Waals surface area contributed by atoms with E-state index in [-0.39, 0.29) is 12.5 Å². The molecule has 1 aliphatic rings. The van der Waals surface area contributed by atoms with Crippen LogP contribution in [0.25, 0.3) is 10.9 Å². The van der Waals surface area contributed by atoms with E-state index in [1.807, 2.05) is 29.2 Å². The molecule has 1 amide bonds. The van der Waals surface area contributed by atoms with E-state index in [4.69, 9.17) is 4.74 Å². The van der Waals surface area contributed by atoms with Crippen molar-refractivity contribution in [1.82, 2.24) is 14.8 Å². The van der Waals surface area contributed by atoms with Gasteiger partial charge in [-0.3, -0.25) is 4.79 Å². The Labute approximate surface area is 160 Å². The molecule has 1 fully saturated rings. The third-order valence-corrected chi connectivity index (χ3v) is 5.49. The van der Waals surface area contributed by atoms with E-state index < -0.39 is 0 Å². The van der Waals surface area contributed by atoms with Crippen LogP contribution in [0.4, 0.5) is 0 Å². The summed E-state index contributed by atoms with van der Waals surface area (Å²) in [6.07, 6.45) is 2.61. The molecule has 1 aromatic heterocycles. The highest BCUT2D eigenvalue weighted by atomic mass is 16.5. The van der Waals surface area contributed by atoms with Crippen molar-refractivity contribution < 1.29 is 14.6 Å². The number of hydrogen-bond donors (Lipinski definition) is 1. The van der Waals surface area contributed by atoms with E-state index in [1.54, 1.807) is 13.2 Å². The molecule has 2 atom stereocenters. The average Bonchev–Trinajstić information content (AvgIpc) is 2.70. The highest BCUT2D eigenvalue weighted by Crippen LogP contribution is 2.28. The minimum absolute atomic E-state index is 0.0507. The van der Waals surface area contributed by atoms with Crippen molar-refractivity contribution >= 4 is 16.8 Å². The van der Waals surface area contributed by atoms with Gasteiger partial charge in [-0.25, -0.2) is 4.98 Å². The number of benzene rings is 1. The van der Waals surface area contributed by atoms with Gasteiger partial charge in [-0.05, 0) is 51.4 Å². The molecule has 6 heteroatoms. The fraction of sp³-hybridized carbons (Fsp3) is 0.524. The van der Waals surface area contributed by atoms with Crippen molar-refractivity contribution in [2.45, 2.75) is 25.3 Å². The second kappa shape index (κ2) is 8.67. The molecule has 1 aromatic carbocycles. The van der Waals surface area contributed by atoms with Crippen molar-refractivity contribution in [3.63, 3.8) is 0 Å². The molecule has 0 unspecified atom stereocenters. The van der Waals surface area contributed by atoms with E-state index in [0.29, 0.717) is 36.5 Å². The number of aromatic nitrogens is 1. The summed E-state index contributed by atoms with van der Waals surface area (Å²) in [7, 11) is 5.79. The summed E-state index contributed by atoms with van der Waals surface area (Å²) in [6, 6.07) is 9.87. The second-order valence-corrected chi connectivity index (χ2v) is 7.42. The molecule has 0 saturated carbocycles. The van der Waals surface area contributed by atoms with E-state index in [2.05, 4.69) is 24.0 Å². The Morgan fingerprint density at radius 2 is 2.15 bits per heavy atom. The van der Waals surface area contributed by atoms with Crippen LogP contribution < -0.4 is 4.74 Å². The number of aliphatic hydroxyl groups excluding tert-OH is 1. The Hall–Kier alpha value is -2.18. The lowest BCUT2D eigenvalue weighted by atomic mass is 9.87. The molecule has 0 radical (unpaired) electrons. The second-order valence-electron chi connectivity index (χ2n) is 7.42. The zero-order chi connectivity index (χ0) is 19.4. The largest absolute Gasteiger partial charge is 0.496 e. The summed E-state index contributed by atoms with van der Waals surface area (Å²) < 4.78 is 5.48. The number of carbonyl (C=O) groups excluding carboxylic acids is 1. The maximum atomic E-state index is 13.2. The summed E-state index contributed by atoms with van der Waals surface area (Å²) in [5, 5.41) is 10.1. The summed E-state index contributed by atoms with van der Waals surface area (Å²) in [4.78, 5) is 21.9. The van der Waals surface area contributed by atoms with Gasteiger partial charge in [0.05, 0.1) is 12.6 Å². The molecule has 146 valence electrons. The lowest BCUT2D eigenvalue weighted by molar-refractivity contribution is 0.0491. The van der Waals surface area contributed by atoms with Crippen molar-refractivity contribution in [3.8, 4) is 5.75 Å². The molecule has 2 heterocycles. The Morgan fingerprint density at radius 3 is 2.85 bits per heavy atom. The smallest absolute Gasteiger partial charge is 0.272 e. The molecule has 1 saturated heterocycles. The number of rotatable bonds is 6. The number of likely N-dealkylation sites (tertiary alicyclic amines) is 1. The fourth-order valence-electron chi connectivity index (χ4n) is 4.11. The first-order valence-corrected chi connectivity index (χ1v) is 9.55. The van der Waals surface area contributed by atoms with E-state index >= 15 is 0 Å². The Balaban J connectivity index is 1.84. The normalized spacial score (nSPS) is 20.3. The quantitative estimate of drug-likeness (QED) is 0.845. The molecule has 0 aliphatic carbocycles. The van der Waals surface area contributed by atoms with Crippen LogP contribution in [0.1, 0.15) is 29.8 Å². The number of para-hydroxylation sites is 1. The highest BCUT2D eigenvalue weighted by molar-refractivity contribution is 5.97. The number of fused-ring (bicyclic) bond motifs is 1. The first kappa shape index (κ1) is 19.6. The van der Waals surface area contributed by atoms with Crippen LogP contribution in [0.3, 0.4) is 0 Å². The van der Waals surface area contributed by atoms with E-state index in [9.17, 15) is 9.90 Å². The van der Waals surface area contributed by atoms with Gasteiger partial charge in [-0.1, -0.05) is 12.1 Å². The van der Waals surface area contributed by atoms with Crippen LogP contribution in [-0.4, -0.2) is 72.7 Å². The van der Waals surface area contributed by atoms with Crippen LogP contribution in [0.5, 0.6) is 5.75 Å². The summed E-state index contributed by atoms with van der Waals surface area (Å²) >= 11 is 0. The molecule has 27 heavy (non-hydrogen) atoms. The number of carbonyl (C=O) groups is 1. The van der Waals surface area contributed by atoms with Gasteiger partial charge >= 0.3 is 0 Å². The minimum Gasteiger partial charge on any atom is -0.496 e. The number of methoxy groups -OCH3 is 1. The number of hydrogen-bond acceptors (Lipinski definition) is 5. The zero-order valence-electron chi connectivity index (χ0n) is 16.4. The van der Waals surface area contributed by atoms with Gasteiger partial charge in [-0.2, -0.15) is 0 Å². The van der Waals surface area contributed by atoms with Crippen molar-refractivity contribution in [3.05, 3.63) is 36.0 Å². The summed E-state index contributed by atoms with van der Waals surface area (Å²) in [5.74, 6) is 0.974. The molecule has 1 N–H and O–H groups in total. The number of nitrogens with zero attached hydrogens (tertiary/aromatic N) is 3. The van der Waals surface area contributed by atoms with Crippen molar-refractivity contribution in [2.24, 2.45) is 5.92 Å². The van der Waals surface area contributed by atoms with Gasteiger partial charge in [0.15, 0.2) is 0 Å². The van der Waals surface area contributed by atoms with Gasteiger partial charge in [-0.15, -0.1) is 0 Å². The topological polar surface area (TPSA) is 65.9 Å². The van der Waals surface area contributed by atoms with Crippen LogP contribution in [0, 0.1) is 5.92 Å². The summed E-state index contributed by atoms with van der Waals surface area (Å²) in [5.41, 5.74) is 1.19. The highest BCUT2D eigenvalue weighted by Gasteiger charge is 2.33. The molecular formula is C21H29N3O3. The van der Waals surface area contributed by atoms with Gasteiger partial charge in [0.25, 0.3) is 5.91 Å². The Morgan fingerprint density at radius 1 is 1.37 bits per heavy atom. The average molecular weight is 371 g/mol. The van der Waals surface area contributed by atoms with Crippen LogP contribution in [0.2, 0.25) is 0 Å². The first-order valence-electron chi connectivity index (χ1n) is 9.55. The number of ether oxygens (including phenoxy) is 1. The number of pyridine rings is 1. The molecule has 6 nitrogen and oxygen atoms in total. The Kier molecular flexibility index (Phi) is 6.29. The molecule has 3 rings (SSSR count). The molecule has 1 aliphatic heterocycles. The lowest BCUT2D eigenvalue weighted by Crippen LogP contribution is -2.50. The van der Waals surface area contributed by atoms with Gasteiger partial charge < -0.3 is 19.6 Å². The van der Waals surface area contributed by atoms with Crippen molar-refractivity contribution in [2.75, 3.05) is 40.9 Å². The predicted octanol–water partition coefficient (Wildman–Crippen LogP) is 2.41.